The molecule has 16 heavy (non-hydrogen) atoms. The lowest BCUT2D eigenvalue weighted by Gasteiger charge is -2.29. The highest BCUT2D eigenvalue weighted by atomic mass is 19.1. The number of rotatable bonds is 2. The Morgan fingerprint density at radius 3 is 2.56 bits per heavy atom. The maximum atomic E-state index is 13.1. The van der Waals surface area contributed by atoms with E-state index < -0.39 is 11.6 Å². The van der Waals surface area contributed by atoms with Crippen LogP contribution in [0.15, 0.2) is 18.2 Å². The monoisotopic (exact) mass is 227 g/mol. The second-order valence-corrected chi connectivity index (χ2v) is 4.07. The molecular weight excluding hydrogens is 212 g/mol. The maximum Gasteiger partial charge on any atom is 0.126 e. The average Bonchev–Trinajstić information content (AvgIpc) is 2.28. The lowest BCUT2D eigenvalue weighted by molar-refractivity contribution is 0.00122. The Morgan fingerprint density at radius 1 is 1.25 bits per heavy atom. The minimum Gasteiger partial charge on any atom is -0.373 e. The summed E-state index contributed by atoms with van der Waals surface area (Å²) >= 11 is 0. The van der Waals surface area contributed by atoms with Gasteiger partial charge in [-0.15, -0.1) is 0 Å². The van der Waals surface area contributed by atoms with Crippen molar-refractivity contribution in [3.63, 3.8) is 0 Å². The molecule has 1 aromatic carbocycles. The summed E-state index contributed by atoms with van der Waals surface area (Å²) in [5.74, 6) is -1.10. The van der Waals surface area contributed by atoms with E-state index in [1.54, 1.807) is 0 Å². The molecule has 2 atom stereocenters. The van der Waals surface area contributed by atoms with E-state index in [-0.39, 0.29) is 6.10 Å². The predicted molar refractivity (Wildman–Crippen MR) is 57.1 cm³/mol. The number of hydrogen-bond acceptors (Lipinski definition) is 2. The summed E-state index contributed by atoms with van der Waals surface area (Å²) in [6, 6.07) is 3.91. The second-order valence-electron chi connectivity index (χ2n) is 4.07. The van der Waals surface area contributed by atoms with Gasteiger partial charge in [0.2, 0.25) is 0 Å². The Kier molecular flexibility index (Phi) is 3.51. The highest BCUT2D eigenvalue weighted by Crippen LogP contribution is 2.28. The molecule has 0 amide bonds. The molecule has 1 saturated heterocycles. The summed E-state index contributed by atoms with van der Waals surface area (Å²) in [6.45, 7) is 0.619. The molecule has 1 heterocycles. The standard InChI is InChI=1S/C12H15F2NO/c1-15-11-2-3-16-12(7-11)8-4-9(13)6-10(14)5-8/h4-6,11-12,15H,2-3,7H2,1H3. The van der Waals surface area contributed by atoms with Gasteiger partial charge in [0.25, 0.3) is 0 Å². The van der Waals surface area contributed by atoms with Crippen molar-refractivity contribution >= 4 is 0 Å². The maximum absolute atomic E-state index is 13.1. The van der Waals surface area contributed by atoms with Crippen LogP contribution in [0.5, 0.6) is 0 Å². The van der Waals surface area contributed by atoms with Crippen LogP contribution in [0, 0.1) is 11.6 Å². The van der Waals surface area contributed by atoms with Crippen LogP contribution in [-0.4, -0.2) is 19.7 Å². The van der Waals surface area contributed by atoms with Crippen LogP contribution in [0.1, 0.15) is 24.5 Å². The van der Waals surface area contributed by atoms with Crippen LogP contribution >= 0.6 is 0 Å². The minimum absolute atomic E-state index is 0.212. The molecule has 0 saturated carbocycles. The average molecular weight is 227 g/mol. The van der Waals surface area contributed by atoms with Crippen molar-refractivity contribution in [1.29, 1.82) is 0 Å². The summed E-state index contributed by atoms with van der Waals surface area (Å²) in [7, 11) is 1.89. The van der Waals surface area contributed by atoms with Crippen LogP contribution in [0.3, 0.4) is 0 Å². The molecule has 2 nitrogen and oxygen atoms in total. The third-order valence-corrected chi connectivity index (χ3v) is 2.95. The van der Waals surface area contributed by atoms with E-state index in [0.717, 1.165) is 18.9 Å². The minimum atomic E-state index is -0.551. The molecule has 0 aromatic heterocycles. The predicted octanol–water partition coefficient (Wildman–Crippen LogP) is 2.40. The molecule has 2 unspecified atom stereocenters. The van der Waals surface area contributed by atoms with Crippen LogP contribution in [0.4, 0.5) is 8.78 Å². The fourth-order valence-corrected chi connectivity index (χ4v) is 2.05. The molecule has 1 N–H and O–H groups in total. The van der Waals surface area contributed by atoms with Crippen molar-refractivity contribution in [1.82, 2.24) is 5.32 Å². The summed E-state index contributed by atoms with van der Waals surface area (Å²) in [5.41, 5.74) is 0.581. The van der Waals surface area contributed by atoms with Crippen molar-refractivity contribution in [2.45, 2.75) is 25.0 Å². The van der Waals surface area contributed by atoms with Gasteiger partial charge >= 0.3 is 0 Å². The number of hydrogen-bond donors (Lipinski definition) is 1. The fraction of sp³-hybridized carbons (Fsp3) is 0.500. The van der Waals surface area contributed by atoms with Crippen molar-refractivity contribution in [3.8, 4) is 0 Å². The Morgan fingerprint density at radius 2 is 1.94 bits per heavy atom. The molecule has 4 heteroatoms. The van der Waals surface area contributed by atoms with Crippen LogP contribution < -0.4 is 5.32 Å². The van der Waals surface area contributed by atoms with Gasteiger partial charge in [-0.25, -0.2) is 8.78 Å². The Labute approximate surface area is 93.6 Å². The van der Waals surface area contributed by atoms with Crippen molar-refractivity contribution in [3.05, 3.63) is 35.4 Å². The van der Waals surface area contributed by atoms with Gasteiger partial charge in [0.15, 0.2) is 0 Å². The van der Waals surface area contributed by atoms with Gasteiger partial charge in [0, 0.05) is 18.7 Å². The fourth-order valence-electron chi connectivity index (χ4n) is 2.05. The van der Waals surface area contributed by atoms with Gasteiger partial charge in [0.1, 0.15) is 11.6 Å². The molecule has 0 bridgehead atoms. The first-order valence-electron chi connectivity index (χ1n) is 5.44. The summed E-state index contributed by atoms with van der Waals surface area (Å²) in [4.78, 5) is 0. The first-order valence-corrected chi connectivity index (χ1v) is 5.44. The smallest absolute Gasteiger partial charge is 0.126 e. The molecular formula is C12H15F2NO. The van der Waals surface area contributed by atoms with Crippen LogP contribution in [-0.2, 0) is 4.74 Å². The van der Waals surface area contributed by atoms with E-state index in [0.29, 0.717) is 18.2 Å². The highest BCUT2D eigenvalue weighted by Gasteiger charge is 2.23. The SMILES string of the molecule is CNC1CCOC(c2cc(F)cc(F)c2)C1. The van der Waals surface area contributed by atoms with E-state index in [4.69, 9.17) is 4.74 Å². The van der Waals surface area contributed by atoms with Gasteiger partial charge in [-0.2, -0.15) is 0 Å². The lowest BCUT2D eigenvalue weighted by atomic mass is 9.97. The van der Waals surface area contributed by atoms with E-state index in [2.05, 4.69) is 5.32 Å². The first-order chi connectivity index (χ1) is 7.69. The number of halogens is 2. The summed E-state index contributed by atoms with van der Waals surface area (Å²) in [5, 5.41) is 3.17. The molecule has 0 aliphatic carbocycles. The molecule has 0 radical (unpaired) electrons. The number of ether oxygens (including phenoxy) is 1. The normalized spacial score (nSPS) is 25.7. The number of nitrogens with one attached hydrogen (secondary N) is 1. The highest BCUT2D eigenvalue weighted by molar-refractivity contribution is 5.21. The Bertz CT molecular complexity index is 350. The van der Waals surface area contributed by atoms with Gasteiger partial charge in [-0.3, -0.25) is 0 Å². The molecule has 1 aliphatic rings. The Balaban J connectivity index is 2.16. The third kappa shape index (κ3) is 2.57. The summed E-state index contributed by atoms with van der Waals surface area (Å²) in [6.07, 6.45) is 1.47. The first kappa shape index (κ1) is 11.5. The molecule has 2 rings (SSSR count). The zero-order chi connectivity index (χ0) is 11.5. The van der Waals surface area contributed by atoms with Crippen molar-refractivity contribution in [2.24, 2.45) is 0 Å². The molecule has 1 aliphatic heterocycles. The lowest BCUT2D eigenvalue weighted by Crippen LogP contribution is -2.33. The molecule has 1 aromatic rings. The summed E-state index contributed by atoms with van der Waals surface area (Å²) < 4.78 is 31.6. The van der Waals surface area contributed by atoms with Gasteiger partial charge in [-0.05, 0) is 37.6 Å². The second kappa shape index (κ2) is 4.89. The molecule has 1 fully saturated rings. The van der Waals surface area contributed by atoms with Gasteiger partial charge in [-0.1, -0.05) is 0 Å². The third-order valence-electron chi connectivity index (χ3n) is 2.95. The number of benzene rings is 1. The Hall–Kier alpha value is -1.00. The zero-order valence-electron chi connectivity index (χ0n) is 9.17. The topological polar surface area (TPSA) is 21.3 Å². The molecule has 88 valence electrons. The van der Waals surface area contributed by atoms with Crippen molar-refractivity contribution < 1.29 is 13.5 Å². The van der Waals surface area contributed by atoms with E-state index in [1.807, 2.05) is 7.05 Å². The van der Waals surface area contributed by atoms with Crippen LogP contribution in [0.2, 0.25) is 0 Å². The van der Waals surface area contributed by atoms with E-state index >= 15 is 0 Å². The van der Waals surface area contributed by atoms with Crippen molar-refractivity contribution in [2.75, 3.05) is 13.7 Å². The van der Waals surface area contributed by atoms with E-state index in [1.165, 1.54) is 12.1 Å². The van der Waals surface area contributed by atoms with Crippen LogP contribution in [0.25, 0.3) is 0 Å². The molecule has 0 spiro atoms. The zero-order valence-corrected chi connectivity index (χ0v) is 9.17. The quantitative estimate of drug-likeness (QED) is 0.837. The van der Waals surface area contributed by atoms with Gasteiger partial charge in [0.05, 0.1) is 6.10 Å². The van der Waals surface area contributed by atoms with Gasteiger partial charge < -0.3 is 10.1 Å². The van der Waals surface area contributed by atoms with E-state index in [9.17, 15) is 8.78 Å². The largest absolute Gasteiger partial charge is 0.373 e.